The predicted octanol–water partition coefficient (Wildman–Crippen LogP) is -0.315. The second kappa shape index (κ2) is 6.33. The van der Waals surface area contributed by atoms with Gasteiger partial charge >= 0.3 is 0 Å². The van der Waals surface area contributed by atoms with Gasteiger partial charge in [0, 0.05) is 13.1 Å². The van der Waals surface area contributed by atoms with Crippen LogP contribution in [0.1, 0.15) is 6.92 Å². The molecule has 0 heterocycles. The van der Waals surface area contributed by atoms with Crippen molar-refractivity contribution in [2.24, 2.45) is 5.14 Å². The molecule has 0 atom stereocenters. The first-order valence-electron chi connectivity index (χ1n) is 5.59. The maximum Gasteiger partial charge on any atom is 0.242 e. The summed E-state index contributed by atoms with van der Waals surface area (Å²) in [4.78, 5) is 0.0752. The second-order valence-corrected chi connectivity index (χ2v) is 7.26. The van der Waals surface area contributed by atoms with E-state index in [0.29, 0.717) is 12.2 Å². The van der Waals surface area contributed by atoms with E-state index in [1.54, 1.807) is 18.2 Å². The highest BCUT2D eigenvalue weighted by atomic mass is 32.2. The molecule has 4 N–H and O–H groups in total. The van der Waals surface area contributed by atoms with E-state index in [1.807, 2.05) is 6.92 Å². The Bertz CT molecular complexity index is 626. The highest BCUT2D eigenvalue weighted by molar-refractivity contribution is 7.90. The van der Waals surface area contributed by atoms with E-state index in [2.05, 4.69) is 10.0 Å². The minimum absolute atomic E-state index is 0.0752. The van der Waals surface area contributed by atoms with Gasteiger partial charge in [-0.25, -0.2) is 26.7 Å². The van der Waals surface area contributed by atoms with E-state index in [9.17, 15) is 16.8 Å². The number of hydrogen-bond acceptors (Lipinski definition) is 5. The summed E-state index contributed by atoms with van der Waals surface area (Å²) < 4.78 is 47.8. The van der Waals surface area contributed by atoms with Gasteiger partial charge in [0.1, 0.15) is 4.90 Å². The number of nitrogens with two attached hydrogens (primary N) is 1. The average Bonchev–Trinajstić information content (AvgIpc) is 2.28. The molecule has 0 spiro atoms. The molecule has 9 heteroatoms. The van der Waals surface area contributed by atoms with Crippen LogP contribution >= 0.6 is 0 Å². The van der Waals surface area contributed by atoms with Crippen LogP contribution < -0.4 is 15.2 Å². The standard InChI is InChI=1S/C10H17N3O4S2/c1-2-12-9-5-3-4-6-10(9)19(16,17)13-7-8-18(11,14)15/h3-6,12-13H,2,7-8H2,1H3,(H2,11,14,15). The summed E-state index contributed by atoms with van der Waals surface area (Å²) >= 11 is 0. The Kier molecular flexibility index (Phi) is 5.29. The van der Waals surface area contributed by atoms with Gasteiger partial charge in [-0.1, -0.05) is 12.1 Å². The van der Waals surface area contributed by atoms with Crippen molar-refractivity contribution in [3.8, 4) is 0 Å². The quantitative estimate of drug-likeness (QED) is 0.638. The van der Waals surface area contributed by atoms with Crippen LogP contribution in [0.15, 0.2) is 29.2 Å². The summed E-state index contributed by atoms with van der Waals surface area (Å²) in [6.07, 6.45) is 0. The third-order valence-electron chi connectivity index (χ3n) is 2.22. The number of hydrogen-bond donors (Lipinski definition) is 3. The van der Waals surface area contributed by atoms with Crippen LogP contribution in [0.5, 0.6) is 0 Å². The zero-order chi connectivity index (χ0) is 14.5. The van der Waals surface area contributed by atoms with Crippen molar-refractivity contribution in [1.82, 2.24) is 4.72 Å². The van der Waals surface area contributed by atoms with Crippen LogP contribution in [0.4, 0.5) is 5.69 Å². The van der Waals surface area contributed by atoms with Gasteiger partial charge in [0.25, 0.3) is 0 Å². The van der Waals surface area contributed by atoms with Crippen LogP contribution in [0.3, 0.4) is 0 Å². The highest BCUT2D eigenvalue weighted by Crippen LogP contribution is 2.20. The minimum atomic E-state index is -3.77. The summed E-state index contributed by atoms with van der Waals surface area (Å²) in [6.45, 7) is 2.16. The maximum absolute atomic E-state index is 12.0. The summed E-state index contributed by atoms with van der Waals surface area (Å²) in [7, 11) is -7.46. The Morgan fingerprint density at radius 2 is 1.79 bits per heavy atom. The fraction of sp³-hybridized carbons (Fsp3) is 0.400. The summed E-state index contributed by atoms with van der Waals surface area (Å²) in [5.41, 5.74) is 0.466. The normalized spacial score (nSPS) is 12.3. The van der Waals surface area contributed by atoms with Gasteiger partial charge in [-0.3, -0.25) is 0 Å². The molecular formula is C10H17N3O4S2. The van der Waals surface area contributed by atoms with E-state index in [-0.39, 0.29) is 11.4 Å². The zero-order valence-electron chi connectivity index (χ0n) is 10.5. The molecular weight excluding hydrogens is 290 g/mol. The molecule has 0 saturated carbocycles. The van der Waals surface area contributed by atoms with Gasteiger partial charge in [0.05, 0.1) is 11.4 Å². The number of sulfonamides is 2. The third-order valence-corrected chi connectivity index (χ3v) is 4.51. The van der Waals surface area contributed by atoms with Gasteiger partial charge in [-0.15, -0.1) is 0 Å². The Balaban J connectivity index is 2.88. The average molecular weight is 307 g/mol. The van der Waals surface area contributed by atoms with E-state index >= 15 is 0 Å². The zero-order valence-corrected chi connectivity index (χ0v) is 12.1. The second-order valence-electron chi connectivity index (χ2n) is 3.79. The van der Waals surface area contributed by atoms with Crippen LogP contribution in [0, 0.1) is 0 Å². The first kappa shape index (κ1) is 15.9. The molecule has 0 unspecified atom stereocenters. The van der Waals surface area contributed by atoms with Crippen LogP contribution in [-0.2, 0) is 20.0 Å². The van der Waals surface area contributed by atoms with E-state index in [1.165, 1.54) is 6.07 Å². The number of anilines is 1. The summed E-state index contributed by atoms with van der Waals surface area (Å²) in [5.74, 6) is -0.449. The monoisotopic (exact) mass is 307 g/mol. The fourth-order valence-electron chi connectivity index (χ4n) is 1.43. The van der Waals surface area contributed by atoms with Gasteiger partial charge in [0.2, 0.25) is 20.0 Å². The molecule has 108 valence electrons. The van der Waals surface area contributed by atoms with Gasteiger partial charge in [0.15, 0.2) is 0 Å². The lowest BCUT2D eigenvalue weighted by atomic mass is 10.3. The van der Waals surface area contributed by atoms with E-state index in [4.69, 9.17) is 5.14 Å². The number of benzene rings is 1. The van der Waals surface area contributed by atoms with E-state index in [0.717, 1.165) is 0 Å². The molecule has 0 aliphatic heterocycles. The smallest absolute Gasteiger partial charge is 0.242 e. The minimum Gasteiger partial charge on any atom is -0.384 e. The SMILES string of the molecule is CCNc1ccccc1S(=O)(=O)NCCS(N)(=O)=O. The Morgan fingerprint density at radius 3 is 2.37 bits per heavy atom. The largest absolute Gasteiger partial charge is 0.384 e. The van der Waals surface area contributed by atoms with Crippen molar-refractivity contribution in [3.63, 3.8) is 0 Å². The van der Waals surface area contributed by atoms with Crippen LogP contribution in [-0.4, -0.2) is 35.7 Å². The third kappa shape index (κ3) is 5.15. The molecule has 0 fully saturated rings. The lowest BCUT2D eigenvalue weighted by Gasteiger charge is -2.11. The first-order chi connectivity index (χ1) is 8.76. The lowest BCUT2D eigenvalue weighted by Crippen LogP contribution is -2.31. The number of nitrogens with one attached hydrogen (secondary N) is 2. The van der Waals surface area contributed by atoms with Gasteiger partial charge < -0.3 is 5.32 Å². The highest BCUT2D eigenvalue weighted by Gasteiger charge is 2.18. The first-order valence-corrected chi connectivity index (χ1v) is 8.79. The number of rotatable bonds is 7. The van der Waals surface area contributed by atoms with Crippen molar-refractivity contribution in [3.05, 3.63) is 24.3 Å². The lowest BCUT2D eigenvalue weighted by molar-refractivity contribution is 0.581. The number of primary sulfonamides is 1. The Hall–Kier alpha value is -1.16. The number of para-hydroxylation sites is 1. The topological polar surface area (TPSA) is 118 Å². The molecule has 0 bridgehead atoms. The van der Waals surface area contributed by atoms with Gasteiger partial charge in [-0.05, 0) is 19.1 Å². The fourth-order valence-corrected chi connectivity index (χ4v) is 3.16. The summed E-state index contributed by atoms with van der Waals surface area (Å²) in [5, 5.41) is 7.73. The molecule has 1 aromatic rings. The summed E-state index contributed by atoms with van der Waals surface area (Å²) in [6, 6.07) is 6.38. The maximum atomic E-state index is 12.0. The van der Waals surface area contributed by atoms with Crippen molar-refractivity contribution in [1.29, 1.82) is 0 Å². The molecule has 1 aromatic carbocycles. The Labute approximate surface area is 113 Å². The van der Waals surface area contributed by atoms with E-state index < -0.39 is 25.8 Å². The molecule has 0 aliphatic carbocycles. The van der Waals surface area contributed by atoms with Crippen molar-refractivity contribution in [2.75, 3.05) is 24.2 Å². The van der Waals surface area contributed by atoms with Crippen LogP contribution in [0.2, 0.25) is 0 Å². The molecule has 19 heavy (non-hydrogen) atoms. The molecule has 0 saturated heterocycles. The molecule has 0 radical (unpaired) electrons. The van der Waals surface area contributed by atoms with Crippen molar-refractivity contribution in [2.45, 2.75) is 11.8 Å². The molecule has 0 aliphatic rings. The molecule has 0 amide bonds. The predicted molar refractivity (Wildman–Crippen MR) is 73.8 cm³/mol. The molecule has 0 aromatic heterocycles. The van der Waals surface area contributed by atoms with Gasteiger partial charge in [-0.2, -0.15) is 0 Å². The molecule has 7 nitrogen and oxygen atoms in total. The van der Waals surface area contributed by atoms with Crippen molar-refractivity contribution >= 4 is 25.7 Å². The van der Waals surface area contributed by atoms with Crippen LogP contribution in [0.25, 0.3) is 0 Å². The Morgan fingerprint density at radius 1 is 1.16 bits per heavy atom. The molecule has 1 rings (SSSR count). The van der Waals surface area contributed by atoms with Crippen molar-refractivity contribution < 1.29 is 16.8 Å².